The van der Waals surface area contributed by atoms with Gasteiger partial charge >= 0.3 is 0 Å². The van der Waals surface area contributed by atoms with Gasteiger partial charge in [0.15, 0.2) is 0 Å². The summed E-state index contributed by atoms with van der Waals surface area (Å²) in [6.45, 7) is 0. The number of carbonyl (C=O) groups excluding carboxylic acids is 1. The van der Waals surface area contributed by atoms with Crippen LogP contribution in [0.1, 0.15) is 10.5 Å². The Labute approximate surface area is 116 Å². The Morgan fingerprint density at radius 3 is 2.83 bits per heavy atom. The van der Waals surface area contributed by atoms with E-state index in [2.05, 4.69) is 26.2 Å². The molecule has 0 aliphatic rings. The van der Waals surface area contributed by atoms with Crippen LogP contribution in [0.3, 0.4) is 0 Å². The van der Waals surface area contributed by atoms with Crippen molar-refractivity contribution in [3.05, 3.63) is 57.5 Å². The van der Waals surface area contributed by atoms with Crippen molar-refractivity contribution in [3.8, 4) is 0 Å². The molecule has 92 valence electrons. The van der Waals surface area contributed by atoms with Crippen molar-refractivity contribution in [3.63, 3.8) is 0 Å². The minimum atomic E-state index is -0.455. The number of aromatic nitrogens is 1. The van der Waals surface area contributed by atoms with Crippen LogP contribution in [0.15, 0.2) is 40.9 Å². The van der Waals surface area contributed by atoms with Crippen LogP contribution in [-0.4, -0.2) is 10.9 Å². The molecule has 1 aromatic heterocycles. The van der Waals surface area contributed by atoms with E-state index >= 15 is 0 Å². The first-order chi connectivity index (χ1) is 8.56. The topological polar surface area (TPSA) is 42.0 Å². The van der Waals surface area contributed by atoms with Gasteiger partial charge in [-0.05, 0) is 46.3 Å². The van der Waals surface area contributed by atoms with Crippen molar-refractivity contribution < 1.29 is 9.18 Å². The molecule has 0 fully saturated rings. The van der Waals surface area contributed by atoms with E-state index in [-0.39, 0.29) is 10.8 Å². The highest BCUT2D eigenvalue weighted by Crippen LogP contribution is 2.23. The summed E-state index contributed by atoms with van der Waals surface area (Å²) in [4.78, 5) is 15.7. The van der Waals surface area contributed by atoms with Crippen LogP contribution in [-0.2, 0) is 0 Å². The van der Waals surface area contributed by atoms with Gasteiger partial charge in [0, 0.05) is 4.47 Å². The molecule has 0 saturated heterocycles. The SMILES string of the molecule is O=C(Nc1cc(F)ccc1Br)c1cccc(Cl)n1. The number of hydrogen-bond donors (Lipinski definition) is 1. The highest BCUT2D eigenvalue weighted by Gasteiger charge is 2.10. The Morgan fingerprint density at radius 1 is 1.33 bits per heavy atom. The second-order valence-corrected chi connectivity index (χ2v) is 4.67. The Balaban J connectivity index is 2.24. The molecule has 1 aromatic carbocycles. The predicted molar refractivity (Wildman–Crippen MR) is 71.3 cm³/mol. The van der Waals surface area contributed by atoms with Gasteiger partial charge in [-0.2, -0.15) is 0 Å². The first-order valence-corrected chi connectivity index (χ1v) is 6.12. The zero-order chi connectivity index (χ0) is 13.1. The summed E-state index contributed by atoms with van der Waals surface area (Å²) in [6, 6.07) is 8.72. The number of rotatable bonds is 2. The van der Waals surface area contributed by atoms with Crippen LogP contribution >= 0.6 is 27.5 Å². The van der Waals surface area contributed by atoms with E-state index in [1.807, 2.05) is 0 Å². The first kappa shape index (κ1) is 13.0. The second-order valence-electron chi connectivity index (χ2n) is 3.42. The minimum Gasteiger partial charge on any atom is -0.320 e. The van der Waals surface area contributed by atoms with Crippen molar-refractivity contribution >= 4 is 39.1 Å². The number of pyridine rings is 1. The summed E-state index contributed by atoms with van der Waals surface area (Å²) in [6.07, 6.45) is 0. The molecule has 2 rings (SSSR count). The maximum Gasteiger partial charge on any atom is 0.274 e. The number of nitrogens with one attached hydrogen (secondary N) is 1. The molecule has 0 atom stereocenters. The first-order valence-electron chi connectivity index (χ1n) is 4.95. The van der Waals surface area contributed by atoms with Gasteiger partial charge in [0.05, 0.1) is 5.69 Å². The zero-order valence-electron chi connectivity index (χ0n) is 8.95. The summed E-state index contributed by atoms with van der Waals surface area (Å²) in [5.41, 5.74) is 0.500. The third kappa shape index (κ3) is 3.05. The fraction of sp³-hybridized carbons (Fsp3) is 0. The van der Waals surface area contributed by atoms with Crippen molar-refractivity contribution in [2.45, 2.75) is 0 Å². The van der Waals surface area contributed by atoms with E-state index in [0.29, 0.717) is 10.2 Å². The van der Waals surface area contributed by atoms with Gasteiger partial charge in [-0.1, -0.05) is 17.7 Å². The van der Waals surface area contributed by atoms with Gasteiger partial charge in [0.1, 0.15) is 16.7 Å². The molecule has 1 amide bonds. The van der Waals surface area contributed by atoms with Gasteiger partial charge < -0.3 is 5.32 Å². The zero-order valence-corrected chi connectivity index (χ0v) is 11.3. The van der Waals surface area contributed by atoms with Crippen LogP contribution < -0.4 is 5.32 Å². The van der Waals surface area contributed by atoms with Gasteiger partial charge in [0.25, 0.3) is 5.91 Å². The standard InChI is InChI=1S/C12H7BrClFN2O/c13-8-5-4-7(15)6-10(8)17-12(18)9-2-1-3-11(14)16-9/h1-6H,(H,17,18). The van der Waals surface area contributed by atoms with E-state index in [4.69, 9.17) is 11.6 Å². The average molecular weight is 330 g/mol. The van der Waals surface area contributed by atoms with Gasteiger partial charge in [-0.25, -0.2) is 9.37 Å². The number of carbonyl (C=O) groups is 1. The molecule has 1 heterocycles. The molecule has 0 spiro atoms. The lowest BCUT2D eigenvalue weighted by molar-refractivity contribution is 0.102. The predicted octanol–water partition coefficient (Wildman–Crippen LogP) is 3.89. The fourth-order valence-corrected chi connectivity index (χ4v) is 1.82. The molecule has 1 N–H and O–H groups in total. The molecule has 0 aliphatic carbocycles. The average Bonchev–Trinajstić information content (AvgIpc) is 2.34. The molecule has 0 bridgehead atoms. The molecule has 0 aliphatic heterocycles. The summed E-state index contributed by atoms with van der Waals surface area (Å²) in [5.74, 6) is -0.892. The number of hydrogen-bond acceptors (Lipinski definition) is 2. The van der Waals surface area contributed by atoms with Crippen LogP contribution in [0.5, 0.6) is 0 Å². The van der Waals surface area contributed by atoms with Gasteiger partial charge in [0.2, 0.25) is 0 Å². The van der Waals surface area contributed by atoms with Crippen molar-refractivity contribution in [1.82, 2.24) is 4.98 Å². The Hall–Kier alpha value is -1.46. The molecule has 0 radical (unpaired) electrons. The van der Waals surface area contributed by atoms with E-state index in [1.165, 1.54) is 24.3 Å². The highest BCUT2D eigenvalue weighted by molar-refractivity contribution is 9.10. The van der Waals surface area contributed by atoms with Gasteiger partial charge in [-0.3, -0.25) is 4.79 Å². The Morgan fingerprint density at radius 2 is 2.11 bits per heavy atom. The third-order valence-corrected chi connectivity index (χ3v) is 3.03. The molecule has 2 aromatic rings. The number of anilines is 1. The van der Waals surface area contributed by atoms with E-state index in [1.54, 1.807) is 12.1 Å². The van der Waals surface area contributed by atoms with Crippen LogP contribution in [0.2, 0.25) is 5.15 Å². The number of benzene rings is 1. The molecule has 0 unspecified atom stereocenters. The van der Waals surface area contributed by atoms with Crippen molar-refractivity contribution in [1.29, 1.82) is 0 Å². The fourth-order valence-electron chi connectivity index (χ4n) is 1.31. The van der Waals surface area contributed by atoms with Crippen molar-refractivity contribution in [2.24, 2.45) is 0 Å². The van der Waals surface area contributed by atoms with Gasteiger partial charge in [-0.15, -0.1) is 0 Å². The Bertz CT molecular complexity index is 606. The minimum absolute atomic E-state index is 0.165. The monoisotopic (exact) mass is 328 g/mol. The third-order valence-electron chi connectivity index (χ3n) is 2.12. The molecule has 3 nitrogen and oxygen atoms in total. The quantitative estimate of drug-likeness (QED) is 0.849. The molecular weight excluding hydrogens is 323 g/mol. The lowest BCUT2D eigenvalue weighted by Crippen LogP contribution is -2.14. The van der Waals surface area contributed by atoms with E-state index < -0.39 is 11.7 Å². The summed E-state index contributed by atoms with van der Waals surface area (Å²) < 4.78 is 13.6. The molecule has 18 heavy (non-hydrogen) atoms. The smallest absolute Gasteiger partial charge is 0.274 e. The van der Waals surface area contributed by atoms with Crippen molar-refractivity contribution in [2.75, 3.05) is 5.32 Å². The lowest BCUT2D eigenvalue weighted by Gasteiger charge is -2.07. The normalized spacial score (nSPS) is 10.2. The largest absolute Gasteiger partial charge is 0.320 e. The lowest BCUT2D eigenvalue weighted by atomic mass is 10.3. The van der Waals surface area contributed by atoms with Crippen LogP contribution in [0.25, 0.3) is 0 Å². The summed E-state index contributed by atoms with van der Waals surface area (Å²) >= 11 is 8.91. The summed E-state index contributed by atoms with van der Waals surface area (Å²) in [5, 5.41) is 2.77. The Kier molecular flexibility index (Phi) is 3.93. The van der Waals surface area contributed by atoms with E-state index in [9.17, 15) is 9.18 Å². The molecular formula is C12H7BrClFN2O. The summed E-state index contributed by atoms with van der Waals surface area (Å²) in [7, 11) is 0. The molecule has 0 saturated carbocycles. The number of amides is 1. The number of nitrogens with zero attached hydrogens (tertiary/aromatic N) is 1. The maximum absolute atomic E-state index is 13.1. The van der Waals surface area contributed by atoms with Crippen LogP contribution in [0.4, 0.5) is 10.1 Å². The molecule has 6 heteroatoms. The van der Waals surface area contributed by atoms with E-state index in [0.717, 1.165) is 0 Å². The highest BCUT2D eigenvalue weighted by atomic mass is 79.9. The number of halogens is 3. The maximum atomic E-state index is 13.1. The second kappa shape index (κ2) is 5.46. The van der Waals surface area contributed by atoms with Crippen LogP contribution in [0, 0.1) is 5.82 Å².